The van der Waals surface area contributed by atoms with Crippen LogP contribution in [-0.4, -0.2) is 11.0 Å². The van der Waals surface area contributed by atoms with Crippen LogP contribution in [0.4, 0.5) is 5.69 Å². The molecule has 1 aromatic carbocycles. The van der Waals surface area contributed by atoms with Crippen molar-refractivity contribution in [2.24, 2.45) is 23.2 Å². The lowest BCUT2D eigenvalue weighted by molar-refractivity contribution is -0.144. The molecule has 4 aliphatic rings. The minimum atomic E-state index is -0.153. The van der Waals surface area contributed by atoms with E-state index in [2.05, 4.69) is 42.7 Å². The number of amides is 1. The largest absolute Gasteiger partial charge is 0.332 e. The molecule has 0 aliphatic heterocycles. The van der Waals surface area contributed by atoms with Gasteiger partial charge in [-0.1, -0.05) is 25.1 Å². The van der Waals surface area contributed by atoms with Gasteiger partial charge in [0.2, 0.25) is 5.91 Å². The van der Waals surface area contributed by atoms with Crippen molar-refractivity contribution in [3.63, 3.8) is 0 Å². The van der Waals surface area contributed by atoms with Crippen molar-refractivity contribution in [3.05, 3.63) is 29.3 Å². The van der Waals surface area contributed by atoms with Gasteiger partial charge >= 0.3 is 0 Å². The highest BCUT2D eigenvalue weighted by Crippen LogP contribution is 2.60. The number of rotatable bonds is 3. The zero-order valence-electron chi connectivity index (χ0n) is 15.2. The zero-order chi connectivity index (χ0) is 17.6. The van der Waals surface area contributed by atoms with Crippen molar-refractivity contribution >= 4 is 28.9 Å². The second-order valence-electron chi connectivity index (χ2n) is 8.57. The minimum absolute atomic E-state index is 0.153. The highest BCUT2D eigenvalue weighted by atomic mass is 32.1. The summed E-state index contributed by atoms with van der Waals surface area (Å²) < 4.78 is 0. The van der Waals surface area contributed by atoms with Gasteiger partial charge in [0.1, 0.15) is 0 Å². The molecule has 4 fully saturated rings. The summed E-state index contributed by atoms with van der Waals surface area (Å²) in [5.41, 5.74) is 3.28. The van der Waals surface area contributed by atoms with E-state index < -0.39 is 0 Å². The Morgan fingerprint density at radius 3 is 2.32 bits per heavy atom. The predicted octanol–water partition coefficient (Wildman–Crippen LogP) is 4.59. The Balaban J connectivity index is 1.46. The fraction of sp³-hybridized carbons (Fsp3) is 0.619. The number of benzene rings is 1. The molecule has 4 bridgehead atoms. The highest BCUT2D eigenvalue weighted by molar-refractivity contribution is 7.80. The Hall–Kier alpha value is -1.42. The molecule has 0 heterocycles. The first-order valence-electron chi connectivity index (χ1n) is 9.70. The third kappa shape index (κ3) is 3.10. The molecule has 1 aromatic rings. The van der Waals surface area contributed by atoms with Crippen LogP contribution in [0, 0.1) is 30.1 Å². The van der Waals surface area contributed by atoms with Crippen molar-refractivity contribution in [1.29, 1.82) is 0 Å². The monoisotopic (exact) mass is 356 g/mol. The normalized spacial score (nSPS) is 32.5. The lowest BCUT2D eigenvalue weighted by Gasteiger charge is -2.55. The van der Waals surface area contributed by atoms with Gasteiger partial charge in [0.15, 0.2) is 5.11 Å². The molecule has 0 radical (unpaired) electrons. The second kappa shape index (κ2) is 6.39. The maximum absolute atomic E-state index is 13.1. The highest BCUT2D eigenvalue weighted by Gasteiger charge is 2.54. The van der Waals surface area contributed by atoms with Gasteiger partial charge in [-0.2, -0.15) is 0 Å². The molecule has 3 nitrogen and oxygen atoms in total. The quantitative estimate of drug-likeness (QED) is 0.779. The van der Waals surface area contributed by atoms with Crippen molar-refractivity contribution in [3.8, 4) is 0 Å². The summed E-state index contributed by atoms with van der Waals surface area (Å²) in [6.07, 6.45) is 8.18. The molecule has 0 spiro atoms. The second-order valence-corrected chi connectivity index (χ2v) is 8.98. The van der Waals surface area contributed by atoms with Gasteiger partial charge in [0.05, 0.1) is 5.41 Å². The summed E-state index contributed by atoms with van der Waals surface area (Å²) in [5, 5.41) is 6.79. The fourth-order valence-corrected chi connectivity index (χ4v) is 6.17. The number of carbonyl (C=O) groups is 1. The number of thiocarbonyl (C=S) groups is 1. The Labute approximate surface area is 156 Å². The number of anilines is 1. The van der Waals surface area contributed by atoms with Gasteiger partial charge < -0.3 is 10.6 Å². The molecule has 134 valence electrons. The van der Waals surface area contributed by atoms with E-state index >= 15 is 0 Å². The SMILES string of the molecule is CCc1cccc(C)c1NC(=S)NC(=O)C12CC3CC(CC(C3)C1)C2. The summed E-state index contributed by atoms with van der Waals surface area (Å²) in [6, 6.07) is 6.25. The van der Waals surface area contributed by atoms with Crippen LogP contribution < -0.4 is 10.6 Å². The first-order valence-corrected chi connectivity index (χ1v) is 10.1. The lowest BCUT2D eigenvalue weighted by atomic mass is 9.49. The van der Waals surface area contributed by atoms with Gasteiger partial charge in [-0.25, -0.2) is 0 Å². The van der Waals surface area contributed by atoms with Gasteiger partial charge in [0, 0.05) is 5.69 Å². The van der Waals surface area contributed by atoms with Crippen LogP contribution in [-0.2, 0) is 11.2 Å². The third-order valence-corrected chi connectivity index (χ3v) is 6.93. The topological polar surface area (TPSA) is 41.1 Å². The Morgan fingerprint density at radius 2 is 1.76 bits per heavy atom. The van der Waals surface area contributed by atoms with Crippen molar-refractivity contribution < 1.29 is 4.79 Å². The molecule has 4 heteroatoms. The molecule has 25 heavy (non-hydrogen) atoms. The first-order chi connectivity index (χ1) is 12.0. The Bertz CT molecular complexity index is 677. The minimum Gasteiger partial charge on any atom is -0.332 e. The molecular formula is C21H28N2OS. The van der Waals surface area contributed by atoms with E-state index in [9.17, 15) is 4.79 Å². The summed E-state index contributed by atoms with van der Waals surface area (Å²) in [4.78, 5) is 13.1. The Kier molecular flexibility index (Phi) is 4.35. The van der Waals surface area contributed by atoms with Crippen molar-refractivity contribution in [1.82, 2.24) is 5.32 Å². The molecular weight excluding hydrogens is 328 g/mol. The number of hydrogen-bond donors (Lipinski definition) is 2. The van der Waals surface area contributed by atoms with Gasteiger partial charge in [0.25, 0.3) is 0 Å². The summed E-state index contributed by atoms with van der Waals surface area (Å²) in [7, 11) is 0. The fourth-order valence-electron chi connectivity index (χ4n) is 5.97. The molecule has 0 atom stereocenters. The van der Waals surface area contributed by atoms with E-state index in [1.165, 1.54) is 24.8 Å². The smallest absolute Gasteiger partial charge is 0.232 e. The molecule has 4 aliphatic carbocycles. The standard InChI is InChI=1S/C21H28N2OS/c1-3-17-6-4-5-13(2)18(17)22-20(25)23-19(24)21-10-14-7-15(11-21)9-16(8-14)12-21/h4-6,14-16H,3,7-12H2,1-2H3,(H2,22,23,24,25). The van der Waals surface area contributed by atoms with Crippen LogP contribution in [0.3, 0.4) is 0 Å². The average molecular weight is 357 g/mol. The van der Waals surface area contributed by atoms with Crippen molar-refractivity contribution in [2.75, 3.05) is 5.32 Å². The number of para-hydroxylation sites is 1. The molecule has 1 amide bonds. The van der Waals surface area contributed by atoms with E-state index in [-0.39, 0.29) is 11.3 Å². The van der Waals surface area contributed by atoms with Crippen LogP contribution in [0.5, 0.6) is 0 Å². The van der Waals surface area contributed by atoms with Gasteiger partial charge in [-0.15, -0.1) is 0 Å². The number of nitrogens with one attached hydrogen (secondary N) is 2. The van der Waals surface area contributed by atoms with E-state index in [4.69, 9.17) is 12.2 Å². The number of carbonyl (C=O) groups excluding carboxylic acids is 1. The molecule has 4 saturated carbocycles. The maximum Gasteiger partial charge on any atom is 0.232 e. The van der Waals surface area contributed by atoms with Crippen LogP contribution in [0.15, 0.2) is 18.2 Å². The van der Waals surface area contributed by atoms with Crippen LogP contribution in [0.25, 0.3) is 0 Å². The van der Waals surface area contributed by atoms with E-state index in [0.717, 1.165) is 54.7 Å². The molecule has 0 aromatic heterocycles. The summed E-state index contributed by atoms with van der Waals surface area (Å²) >= 11 is 5.49. The zero-order valence-corrected chi connectivity index (χ0v) is 16.0. The summed E-state index contributed by atoms with van der Waals surface area (Å²) in [5.74, 6) is 2.46. The predicted molar refractivity (Wildman–Crippen MR) is 106 cm³/mol. The first kappa shape index (κ1) is 17.0. The van der Waals surface area contributed by atoms with Gasteiger partial charge in [-0.3, -0.25) is 4.79 Å². The molecule has 0 saturated heterocycles. The van der Waals surface area contributed by atoms with Crippen molar-refractivity contribution in [2.45, 2.75) is 58.8 Å². The maximum atomic E-state index is 13.1. The van der Waals surface area contributed by atoms with Crippen LogP contribution in [0.2, 0.25) is 0 Å². The average Bonchev–Trinajstić information content (AvgIpc) is 2.55. The van der Waals surface area contributed by atoms with Crippen LogP contribution in [0.1, 0.15) is 56.6 Å². The molecule has 0 unspecified atom stereocenters. The Morgan fingerprint density at radius 1 is 1.16 bits per heavy atom. The number of aryl methyl sites for hydroxylation is 2. The third-order valence-electron chi connectivity index (χ3n) is 6.73. The van der Waals surface area contributed by atoms with Crippen LogP contribution >= 0.6 is 12.2 Å². The van der Waals surface area contributed by atoms with E-state index in [1.807, 2.05) is 0 Å². The lowest BCUT2D eigenvalue weighted by Crippen LogP contribution is -2.55. The van der Waals surface area contributed by atoms with E-state index in [0.29, 0.717) is 5.11 Å². The van der Waals surface area contributed by atoms with Gasteiger partial charge in [-0.05, 0) is 93.0 Å². The summed E-state index contributed by atoms with van der Waals surface area (Å²) in [6.45, 7) is 4.21. The molecule has 2 N–H and O–H groups in total. The molecule has 5 rings (SSSR count). The van der Waals surface area contributed by atoms with E-state index in [1.54, 1.807) is 0 Å². The number of hydrogen-bond acceptors (Lipinski definition) is 2.